The number of hydrogen-bond acceptors (Lipinski definition) is 4. The van der Waals surface area contributed by atoms with Gasteiger partial charge in [-0.3, -0.25) is 4.79 Å². The van der Waals surface area contributed by atoms with E-state index < -0.39 is 0 Å². The molecule has 1 aromatic rings. The van der Waals surface area contributed by atoms with Crippen molar-refractivity contribution in [3.8, 4) is 0 Å². The summed E-state index contributed by atoms with van der Waals surface area (Å²) in [5.74, 6) is 1.07. The maximum atomic E-state index is 12.0. The minimum atomic E-state index is 0.0911. The number of nitrogens with two attached hydrogens (primary N) is 1. The minimum absolute atomic E-state index is 0.0911. The van der Waals surface area contributed by atoms with Crippen LogP contribution in [0.2, 0.25) is 0 Å². The van der Waals surface area contributed by atoms with Crippen LogP contribution in [0.4, 0.5) is 0 Å². The van der Waals surface area contributed by atoms with Crippen molar-refractivity contribution >= 4 is 5.91 Å². The van der Waals surface area contributed by atoms with E-state index in [0.29, 0.717) is 6.54 Å². The normalized spacial score (nSPS) is 23.3. The topological polar surface area (TPSA) is 81.2 Å². The van der Waals surface area contributed by atoms with Crippen molar-refractivity contribution in [2.75, 3.05) is 6.54 Å². The zero-order chi connectivity index (χ0) is 13.8. The van der Waals surface area contributed by atoms with Crippen LogP contribution in [0.5, 0.6) is 0 Å². The Morgan fingerprint density at radius 3 is 2.89 bits per heavy atom. The van der Waals surface area contributed by atoms with Crippen molar-refractivity contribution in [3.63, 3.8) is 0 Å². The monoisotopic (exact) mass is 265 g/mol. The van der Waals surface area contributed by atoms with Crippen LogP contribution >= 0.6 is 0 Å². The van der Waals surface area contributed by atoms with Crippen molar-refractivity contribution in [3.05, 3.63) is 17.0 Å². The van der Waals surface area contributed by atoms with E-state index in [4.69, 9.17) is 10.3 Å². The van der Waals surface area contributed by atoms with Crippen molar-refractivity contribution in [1.82, 2.24) is 10.5 Å². The Bertz CT molecular complexity index is 422. The van der Waals surface area contributed by atoms with E-state index in [1.165, 1.54) is 0 Å². The van der Waals surface area contributed by atoms with Gasteiger partial charge in [-0.15, -0.1) is 0 Å². The molecule has 0 radical (unpaired) electrons. The predicted molar refractivity (Wildman–Crippen MR) is 72.6 cm³/mol. The molecule has 1 heterocycles. The number of aryl methyl sites for hydroxylation is 2. The molecule has 0 aromatic carbocycles. The summed E-state index contributed by atoms with van der Waals surface area (Å²) in [5.41, 5.74) is 7.91. The van der Waals surface area contributed by atoms with E-state index in [2.05, 4.69) is 10.5 Å². The first-order valence-corrected chi connectivity index (χ1v) is 7.03. The fourth-order valence-electron chi connectivity index (χ4n) is 2.78. The standard InChI is InChI=1S/C14H23N3O2/c1-9-13(10(2)19-17-9)6-7-16-14(18)11-4-3-5-12(15)8-11/h11-12H,3-8,15H2,1-2H3,(H,16,18). The second kappa shape index (κ2) is 6.19. The van der Waals surface area contributed by atoms with E-state index in [9.17, 15) is 4.79 Å². The molecule has 1 aliphatic carbocycles. The lowest BCUT2D eigenvalue weighted by atomic mass is 9.85. The van der Waals surface area contributed by atoms with Crippen molar-refractivity contribution in [2.24, 2.45) is 11.7 Å². The largest absolute Gasteiger partial charge is 0.361 e. The smallest absolute Gasteiger partial charge is 0.223 e. The quantitative estimate of drug-likeness (QED) is 0.863. The van der Waals surface area contributed by atoms with Gasteiger partial charge < -0.3 is 15.6 Å². The van der Waals surface area contributed by atoms with E-state index in [1.54, 1.807) is 0 Å². The average Bonchev–Trinajstić information content (AvgIpc) is 2.70. The molecule has 1 aromatic heterocycles. The predicted octanol–water partition coefficient (Wildman–Crippen LogP) is 1.47. The van der Waals surface area contributed by atoms with Gasteiger partial charge in [0.1, 0.15) is 5.76 Å². The number of aromatic nitrogens is 1. The molecule has 2 atom stereocenters. The second-order valence-electron chi connectivity index (χ2n) is 5.47. The molecule has 1 saturated carbocycles. The lowest BCUT2D eigenvalue weighted by Crippen LogP contribution is -2.38. The van der Waals surface area contributed by atoms with Crippen LogP contribution < -0.4 is 11.1 Å². The SMILES string of the molecule is Cc1noc(C)c1CCNC(=O)C1CCCC(N)C1. The number of rotatable bonds is 4. The Hall–Kier alpha value is -1.36. The first kappa shape index (κ1) is 14.1. The fraction of sp³-hybridized carbons (Fsp3) is 0.714. The third-order valence-electron chi connectivity index (χ3n) is 3.94. The van der Waals surface area contributed by atoms with Crippen molar-refractivity contribution in [1.29, 1.82) is 0 Å². The maximum Gasteiger partial charge on any atom is 0.223 e. The summed E-state index contributed by atoms with van der Waals surface area (Å²) in [6.07, 6.45) is 4.65. The molecule has 2 unspecified atom stereocenters. The van der Waals surface area contributed by atoms with Crippen LogP contribution in [0.25, 0.3) is 0 Å². The molecule has 5 heteroatoms. The minimum Gasteiger partial charge on any atom is -0.361 e. The highest BCUT2D eigenvalue weighted by Crippen LogP contribution is 2.23. The molecule has 5 nitrogen and oxygen atoms in total. The Balaban J connectivity index is 1.78. The highest BCUT2D eigenvalue weighted by atomic mass is 16.5. The third-order valence-corrected chi connectivity index (χ3v) is 3.94. The molecule has 19 heavy (non-hydrogen) atoms. The molecule has 0 saturated heterocycles. The van der Waals surface area contributed by atoms with E-state index in [0.717, 1.165) is 49.1 Å². The summed E-state index contributed by atoms with van der Waals surface area (Å²) in [7, 11) is 0. The van der Waals surface area contributed by atoms with Gasteiger partial charge in [0, 0.05) is 24.1 Å². The van der Waals surface area contributed by atoms with Gasteiger partial charge in [0.05, 0.1) is 5.69 Å². The van der Waals surface area contributed by atoms with Crippen molar-refractivity contribution in [2.45, 2.75) is 52.0 Å². The van der Waals surface area contributed by atoms with Gasteiger partial charge in [0.25, 0.3) is 0 Å². The van der Waals surface area contributed by atoms with Gasteiger partial charge in [0.2, 0.25) is 5.91 Å². The number of carbonyl (C=O) groups is 1. The maximum absolute atomic E-state index is 12.0. The Kier molecular flexibility index (Phi) is 4.58. The fourth-order valence-corrected chi connectivity index (χ4v) is 2.78. The Morgan fingerprint density at radius 2 is 2.26 bits per heavy atom. The summed E-state index contributed by atoms with van der Waals surface area (Å²) in [6.45, 7) is 4.46. The van der Waals surface area contributed by atoms with Gasteiger partial charge in [-0.1, -0.05) is 11.6 Å². The van der Waals surface area contributed by atoms with Crippen LogP contribution in [0.15, 0.2) is 4.52 Å². The lowest BCUT2D eigenvalue weighted by Gasteiger charge is -2.25. The summed E-state index contributed by atoms with van der Waals surface area (Å²) < 4.78 is 5.10. The summed E-state index contributed by atoms with van der Waals surface area (Å²) in [5, 5.41) is 6.91. The van der Waals surface area contributed by atoms with Gasteiger partial charge in [-0.2, -0.15) is 0 Å². The molecule has 0 spiro atoms. The highest BCUT2D eigenvalue weighted by molar-refractivity contribution is 5.78. The van der Waals surface area contributed by atoms with E-state index in [1.807, 2.05) is 13.8 Å². The average molecular weight is 265 g/mol. The van der Waals surface area contributed by atoms with Crippen molar-refractivity contribution < 1.29 is 9.32 Å². The molecule has 1 fully saturated rings. The molecular weight excluding hydrogens is 242 g/mol. The molecule has 106 valence electrons. The number of hydrogen-bond donors (Lipinski definition) is 2. The summed E-state index contributed by atoms with van der Waals surface area (Å²) in [4.78, 5) is 12.0. The summed E-state index contributed by atoms with van der Waals surface area (Å²) in [6, 6.07) is 0.187. The number of amides is 1. The van der Waals surface area contributed by atoms with Gasteiger partial charge in [-0.05, 0) is 39.5 Å². The Labute approximate surface area is 113 Å². The van der Waals surface area contributed by atoms with Crippen LogP contribution in [0, 0.1) is 19.8 Å². The molecule has 0 bridgehead atoms. The van der Waals surface area contributed by atoms with E-state index in [-0.39, 0.29) is 17.9 Å². The summed E-state index contributed by atoms with van der Waals surface area (Å²) >= 11 is 0. The number of carbonyl (C=O) groups excluding carboxylic acids is 1. The van der Waals surface area contributed by atoms with Gasteiger partial charge >= 0.3 is 0 Å². The zero-order valence-corrected chi connectivity index (χ0v) is 11.7. The third kappa shape index (κ3) is 3.56. The Morgan fingerprint density at radius 1 is 1.47 bits per heavy atom. The lowest BCUT2D eigenvalue weighted by molar-refractivity contribution is -0.126. The molecular formula is C14H23N3O2. The highest BCUT2D eigenvalue weighted by Gasteiger charge is 2.25. The zero-order valence-electron chi connectivity index (χ0n) is 11.7. The number of nitrogens with one attached hydrogen (secondary N) is 1. The molecule has 1 amide bonds. The number of nitrogens with zero attached hydrogens (tertiary/aromatic N) is 1. The first-order chi connectivity index (χ1) is 9.08. The van der Waals surface area contributed by atoms with Crippen LogP contribution in [-0.4, -0.2) is 23.7 Å². The molecule has 1 aliphatic rings. The molecule has 3 N–H and O–H groups in total. The molecule has 2 rings (SSSR count). The second-order valence-corrected chi connectivity index (χ2v) is 5.47. The molecule has 0 aliphatic heterocycles. The van der Waals surface area contributed by atoms with Crippen LogP contribution in [-0.2, 0) is 11.2 Å². The van der Waals surface area contributed by atoms with Gasteiger partial charge in [-0.25, -0.2) is 0 Å². The first-order valence-electron chi connectivity index (χ1n) is 7.03. The van der Waals surface area contributed by atoms with Crippen LogP contribution in [0.3, 0.4) is 0 Å². The van der Waals surface area contributed by atoms with Crippen LogP contribution in [0.1, 0.15) is 42.7 Å². The van der Waals surface area contributed by atoms with E-state index >= 15 is 0 Å². The van der Waals surface area contributed by atoms with Gasteiger partial charge in [0.15, 0.2) is 0 Å².